The molecule has 1 aliphatic rings. The lowest BCUT2D eigenvalue weighted by Gasteiger charge is -2.31. The Morgan fingerprint density at radius 3 is 2.82 bits per heavy atom. The molecule has 3 rings (SSSR count). The Morgan fingerprint density at radius 2 is 2.09 bits per heavy atom. The second kappa shape index (κ2) is 5.83. The van der Waals surface area contributed by atoms with Gasteiger partial charge in [0.2, 0.25) is 0 Å². The van der Waals surface area contributed by atoms with Crippen molar-refractivity contribution >= 4 is 22.8 Å². The van der Waals surface area contributed by atoms with Crippen molar-refractivity contribution in [1.29, 1.82) is 0 Å². The molecule has 0 aliphatic carbocycles. The third-order valence-electron chi connectivity index (χ3n) is 4.05. The number of carbonyl (C=O) groups is 2. The number of benzene rings is 1. The van der Waals surface area contributed by atoms with Crippen molar-refractivity contribution in [3.05, 3.63) is 36.0 Å². The van der Waals surface area contributed by atoms with Crippen molar-refractivity contribution in [3.8, 4) is 0 Å². The second-order valence-electron chi connectivity index (χ2n) is 5.46. The molecule has 0 radical (unpaired) electrons. The van der Waals surface area contributed by atoms with E-state index in [1.807, 2.05) is 30.3 Å². The Labute approximate surface area is 128 Å². The number of para-hydroxylation sites is 1. The van der Waals surface area contributed by atoms with Gasteiger partial charge in [0.15, 0.2) is 6.10 Å². The number of aromatic nitrogens is 1. The zero-order valence-corrected chi connectivity index (χ0v) is 12.7. The number of ether oxygens (including phenoxy) is 2. The molecule has 0 spiro atoms. The number of aryl methyl sites for hydroxylation is 1. The van der Waals surface area contributed by atoms with Crippen LogP contribution in [0.3, 0.4) is 0 Å². The van der Waals surface area contributed by atoms with Crippen LogP contribution in [0.15, 0.2) is 30.3 Å². The molecule has 1 aliphatic heterocycles. The van der Waals surface area contributed by atoms with Gasteiger partial charge in [-0.1, -0.05) is 18.2 Å². The van der Waals surface area contributed by atoms with E-state index in [0.717, 1.165) is 16.6 Å². The summed E-state index contributed by atoms with van der Waals surface area (Å²) in [6, 6.07) is 10.00. The predicted molar refractivity (Wildman–Crippen MR) is 81.2 cm³/mol. The molecule has 116 valence electrons. The van der Waals surface area contributed by atoms with Crippen LogP contribution in [0.5, 0.6) is 0 Å². The summed E-state index contributed by atoms with van der Waals surface area (Å²) in [5, 5.41) is 1.08. The van der Waals surface area contributed by atoms with Crippen molar-refractivity contribution in [2.45, 2.75) is 32.9 Å². The van der Waals surface area contributed by atoms with Gasteiger partial charge < -0.3 is 14.0 Å². The highest BCUT2D eigenvalue weighted by atomic mass is 16.6. The van der Waals surface area contributed by atoms with Crippen molar-refractivity contribution in [3.63, 3.8) is 0 Å². The molecule has 1 aromatic heterocycles. The van der Waals surface area contributed by atoms with E-state index in [4.69, 9.17) is 9.47 Å². The van der Waals surface area contributed by atoms with Crippen LogP contribution in [0.25, 0.3) is 10.9 Å². The molecule has 0 saturated heterocycles. The van der Waals surface area contributed by atoms with E-state index in [1.54, 1.807) is 6.92 Å². The molecular formula is C17H19NO4. The van der Waals surface area contributed by atoms with Crippen molar-refractivity contribution in [2.75, 3.05) is 6.61 Å². The second-order valence-corrected chi connectivity index (χ2v) is 5.46. The van der Waals surface area contributed by atoms with Crippen molar-refractivity contribution in [1.82, 2.24) is 4.57 Å². The van der Waals surface area contributed by atoms with E-state index >= 15 is 0 Å². The van der Waals surface area contributed by atoms with Crippen LogP contribution >= 0.6 is 0 Å². The van der Waals surface area contributed by atoms with Gasteiger partial charge >= 0.3 is 11.9 Å². The summed E-state index contributed by atoms with van der Waals surface area (Å²) in [5.74, 6) is -1.14. The molecule has 2 heterocycles. The maximum Gasteiger partial charge on any atom is 0.313 e. The topological polar surface area (TPSA) is 57.5 Å². The quantitative estimate of drug-likeness (QED) is 0.818. The van der Waals surface area contributed by atoms with E-state index in [1.165, 1.54) is 6.92 Å². The average molecular weight is 301 g/mol. The summed E-state index contributed by atoms with van der Waals surface area (Å²) in [5.41, 5.74) is 1.96. The molecule has 0 fully saturated rings. The molecule has 0 amide bonds. The van der Waals surface area contributed by atoms with Gasteiger partial charge in [-0.25, -0.2) is 0 Å². The van der Waals surface area contributed by atoms with Gasteiger partial charge in [0.25, 0.3) is 0 Å². The minimum atomic E-state index is -0.585. The van der Waals surface area contributed by atoms with Crippen LogP contribution in [0.4, 0.5) is 0 Å². The molecule has 2 aromatic rings. The van der Waals surface area contributed by atoms with E-state index in [0.29, 0.717) is 19.6 Å². The molecule has 5 heteroatoms. The van der Waals surface area contributed by atoms with Gasteiger partial charge in [-0.2, -0.15) is 0 Å². The molecule has 0 bridgehead atoms. The van der Waals surface area contributed by atoms with Crippen LogP contribution in [-0.2, 0) is 25.6 Å². The van der Waals surface area contributed by atoms with Gasteiger partial charge in [-0.3, -0.25) is 9.59 Å². The van der Waals surface area contributed by atoms with Crippen LogP contribution in [-0.4, -0.2) is 23.1 Å². The highest BCUT2D eigenvalue weighted by molar-refractivity contribution is 5.83. The lowest BCUT2D eigenvalue weighted by molar-refractivity contribution is -0.163. The number of nitrogens with zero attached hydrogens (tertiary/aromatic N) is 1. The average Bonchev–Trinajstić information content (AvgIpc) is 2.86. The van der Waals surface area contributed by atoms with Gasteiger partial charge in [-0.15, -0.1) is 0 Å². The van der Waals surface area contributed by atoms with Gasteiger partial charge in [0.1, 0.15) is 5.92 Å². The Bertz CT molecular complexity index is 719. The highest BCUT2D eigenvalue weighted by Crippen LogP contribution is 2.38. The maximum atomic E-state index is 12.2. The first-order valence-electron chi connectivity index (χ1n) is 7.54. The minimum Gasteiger partial charge on any atom is -0.466 e. The third kappa shape index (κ3) is 2.47. The van der Waals surface area contributed by atoms with Gasteiger partial charge in [0, 0.05) is 19.0 Å². The fourth-order valence-corrected chi connectivity index (χ4v) is 3.15. The highest BCUT2D eigenvalue weighted by Gasteiger charge is 2.38. The Hall–Kier alpha value is -2.30. The van der Waals surface area contributed by atoms with Crippen LogP contribution < -0.4 is 0 Å². The predicted octanol–water partition coefficient (Wildman–Crippen LogP) is 2.83. The van der Waals surface area contributed by atoms with Gasteiger partial charge in [0.05, 0.1) is 12.3 Å². The summed E-state index contributed by atoms with van der Waals surface area (Å²) >= 11 is 0. The Balaban J connectivity index is 2.05. The van der Waals surface area contributed by atoms with E-state index in [-0.39, 0.29) is 5.97 Å². The van der Waals surface area contributed by atoms with Crippen LogP contribution in [0.1, 0.15) is 32.1 Å². The molecule has 5 nitrogen and oxygen atoms in total. The van der Waals surface area contributed by atoms with E-state index < -0.39 is 18.0 Å². The first kappa shape index (κ1) is 14.6. The van der Waals surface area contributed by atoms with E-state index in [9.17, 15) is 9.59 Å². The summed E-state index contributed by atoms with van der Waals surface area (Å²) in [6.07, 6.45) is 0.0142. The zero-order chi connectivity index (χ0) is 15.7. The summed E-state index contributed by atoms with van der Waals surface area (Å²) in [7, 11) is 0. The first-order valence-corrected chi connectivity index (χ1v) is 7.54. The Kier molecular flexibility index (Phi) is 3.88. The summed E-state index contributed by atoms with van der Waals surface area (Å²) in [4.78, 5) is 23.7. The molecule has 1 aromatic carbocycles. The summed E-state index contributed by atoms with van der Waals surface area (Å²) < 4.78 is 12.7. The third-order valence-corrected chi connectivity index (χ3v) is 4.05. The monoisotopic (exact) mass is 301 g/mol. The lowest BCUT2D eigenvalue weighted by atomic mass is 9.92. The maximum absolute atomic E-state index is 12.2. The molecule has 22 heavy (non-hydrogen) atoms. The number of carbonyl (C=O) groups excluding carboxylic acids is 2. The first-order chi connectivity index (χ1) is 10.6. The standard InChI is InChI=1S/C17H19NO4/c1-3-21-17(20)13-8-9-18-14-7-5-4-6-12(14)10-15(18)16(13)22-11(2)19/h4-7,10,13,16H,3,8-9H2,1-2H3. The number of hydrogen-bond acceptors (Lipinski definition) is 4. The number of rotatable bonds is 3. The molecule has 2 unspecified atom stereocenters. The fourth-order valence-electron chi connectivity index (χ4n) is 3.15. The van der Waals surface area contributed by atoms with Crippen molar-refractivity contribution < 1.29 is 19.1 Å². The number of fused-ring (bicyclic) bond motifs is 3. The largest absolute Gasteiger partial charge is 0.466 e. The smallest absolute Gasteiger partial charge is 0.313 e. The van der Waals surface area contributed by atoms with E-state index in [2.05, 4.69) is 4.57 Å². The zero-order valence-electron chi connectivity index (χ0n) is 12.7. The minimum absolute atomic E-state index is 0.301. The molecule has 0 N–H and O–H groups in total. The SMILES string of the molecule is CCOC(=O)C1CCn2c(cc3ccccc32)C1OC(C)=O. The number of hydrogen-bond donors (Lipinski definition) is 0. The molecule has 0 saturated carbocycles. The normalized spacial score (nSPS) is 20.5. The van der Waals surface area contributed by atoms with Crippen LogP contribution in [0, 0.1) is 5.92 Å². The summed E-state index contributed by atoms with van der Waals surface area (Å²) in [6.45, 7) is 4.18. The fraction of sp³-hybridized carbons (Fsp3) is 0.412. The van der Waals surface area contributed by atoms with Crippen LogP contribution in [0.2, 0.25) is 0 Å². The van der Waals surface area contributed by atoms with Crippen molar-refractivity contribution in [2.24, 2.45) is 5.92 Å². The van der Waals surface area contributed by atoms with Gasteiger partial charge in [-0.05, 0) is 30.9 Å². The number of esters is 2. The Morgan fingerprint density at radius 1 is 1.32 bits per heavy atom. The molecule has 2 atom stereocenters. The lowest BCUT2D eigenvalue weighted by Crippen LogP contribution is -2.33. The molecular weight excluding hydrogens is 282 g/mol.